The predicted molar refractivity (Wildman–Crippen MR) is 93.6 cm³/mol. The third kappa shape index (κ3) is 4.84. The topological polar surface area (TPSA) is 70.7 Å². The number of rotatable bonds is 7. The molecule has 2 aromatic rings. The number of carbonyl (C=O) groups excluding carboxylic acids is 1. The van der Waals surface area contributed by atoms with Crippen molar-refractivity contribution in [3.63, 3.8) is 0 Å². The van der Waals surface area contributed by atoms with Crippen LogP contribution in [0.15, 0.2) is 24.3 Å². The molecule has 0 spiro atoms. The average Bonchev–Trinajstić information content (AvgIpc) is 2.84. The van der Waals surface area contributed by atoms with Gasteiger partial charge in [0.1, 0.15) is 0 Å². The van der Waals surface area contributed by atoms with Crippen LogP contribution < -0.4 is 5.32 Å². The molecule has 5 nitrogen and oxygen atoms in total. The quantitative estimate of drug-likeness (QED) is 0.837. The van der Waals surface area contributed by atoms with Gasteiger partial charge < -0.3 is 5.32 Å². The molecular formula is C18H21ClN4O. The van der Waals surface area contributed by atoms with Crippen LogP contribution in [0, 0.1) is 25.2 Å². The first kappa shape index (κ1) is 18.0. The fraction of sp³-hybridized carbons (Fsp3) is 0.389. The Morgan fingerprint density at radius 2 is 2.04 bits per heavy atom. The first-order valence-corrected chi connectivity index (χ1v) is 8.30. The summed E-state index contributed by atoms with van der Waals surface area (Å²) in [5.41, 5.74) is 4.07. The van der Waals surface area contributed by atoms with Gasteiger partial charge in [0, 0.05) is 23.7 Å². The summed E-state index contributed by atoms with van der Waals surface area (Å²) in [6.45, 7) is 5.01. The summed E-state index contributed by atoms with van der Waals surface area (Å²) < 4.78 is 1.85. The van der Waals surface area contributed by atoms with E-state index >= 15 is 0 Å². The Morgan fingerprint density at radius 1 is 1.33 bits per heavy atom. The molecule has 126 valence electrons. The van der Waals surface area contributed by atoms with Crippen LogP contribution in [0.1, 0.15) is 35.4 Å². The molecule has 1 N–H and O–H groups in total. The van der Waals surface area contributed by atoms with Crippen molar-refractivity contribution >= 4 is 17.5 Å². The van der Waals surface area contributed by atoms with E-state index < -0.39 is 0 Å². The van der Waals surface area contributed by atoms with Gasteiger partial charge in [-0.15, -0.1) is 0 Å². The summed E-state index contributed by atoms with van der Waals surface area (Å²) in [4.78, 5) is 12.1. The van der Waals surface area contributed by atoms with E-state index in [9.17, 15) is 4.79 Å². The Kier molecular flexibility index (Phi) is 6.39. The Bertz CT molecular complexity index is 744. The van der Waals surface area contributed by atoms with Gasteiger partial charge in [-0.25, -0.2) is 0 Å². The molecule has 0 aliphatic heterocycles. The number of nitrogens with zero attached hydrogens (tertiary/aromatic N) is 3. The van der Waals surface area contributed by atoms with Gasteiger partial charge in [-0.3, -0.25) is 9.48 Å². The molecule has 6 heteroatoms. The van der Waals surface area contributed by atoms with Crippen LogP contribution in [-0.4, -0.2) is 15.7 Å². The summed E-state index contributed by atoms with van der Waals surface area (Å²) in [6, 6.07) is 9.54. The molecule has 0 saturated heterocycles. The highest BCUT2D eigenvalue weighted by molar-refractivity contribution is 6.30. The van der Waals surface area contributed by atoms with Crippen molar-refractivity contribution in [3.8, 4) is 6.07 Å². The molecule has 0 aliphatic rings. The van der Waals surface area contributed by atoms with E-state index in [0.717, 1.165) is 22.5 Å². The largest absolute Gasteiger partial charge is 0.352 e. The van der Waals surface area contributed by atoms with E-state index in [1.54, 1.807) is 0 Å². The number of halogens is 1. The van der Waals surface area contributed by atoms with Crippen molar-refractivity contribution in [2.45, 2.75) is 46.2 Å². The van der Waals surface area contributed by atoms with Crippen molar-refractivity contribution in [1.29, 1.82) is 5.26 Å². The molecule has 0 saturated carbocycles. The highest BCUT2D eigenvalue weighted by atomic mass is 35.5. The van der Waals surface area contributed by atoms with E-state index in [2.05, 4.69) is 16.5 Å². The molecule has 0 aliphatic carbocycles. The zero-order valence-electron chi connectivity index (χ0n) is 14.0. The van der Waals surface area contributed by atoms with Gasteiger partial charge >= 0.3 is 0 Å². The van der Waals surface area contributed by atoms with Crippen LogP contribution in [0.25, 0.3) is 0 Å². The molecule has 0 bridgehead atoms. The minimum Gasteiger partial charge on any atom is -0.352 e. The van der Waals surface area contributed by atoms with Crippen molar-refractivity contribution < 1.29 is 4.79 Å². The fourth-order valence-corrected chi connectivity index (χ4v) is 2.73. The Hall–Kier alpha value is -2.32. The summed E-state index contributed by atoms with van der Waals surface area (Å²) >= 11 is 5.84. The van der Waals surface area contributed by atoms with Crippen LogP contribution in [0.4, 0.5) is 0 Å². The molecule has 1 aromatic carbocycles. The van der Waals surface area contributed by atoms with Crippen molar-refractivity contribution in [2.75, 3.05) is 0 Å². The molecule has 0 fully saturated rings. The minimum absolute atomic E-state index is 0.00789. The zero-order valence-corrected chi connectivity index (χ0v) is 14.7. The number of benzene rings is 1. The lowest BCUT2D eigenvalue weighted by Gasteiger charge is -2.06. The highest BCUT2D eigenvalue weighted by Gasteiger charge is 2.12. The number of aromatic nitrogens is 2. The number of hydrogen-bond acceptors (Lipinski definition) is 3. The normalized spacial score (nSPS) is 10.4. The standard InChI is InChI=1S/C18H21ClN4O/c1-13-17(14(2)23(22-13)11-3-10-20)8-9-18(24)21-12-15-4-6-16(19)7-5-15/h4-7H,3,8-9,11-12H2,1-2H3,(H,21,24). The van der Waals surface area contributed by atoms with Crippen molar-refractivity contribution in [3.05, 3.63) is 51.8 Å². The lowest BCUT2D eigenvalue weighted by molar-refractivity contribution is -0.121. The second-order valence-corrected chi connectivity index (χ2v) is 6.12. The summed E-state index contributed by atoms with van der Waals surface area (Å²) in [7, 11) is 0. The third-order valence-electron chi connectivity index (χ3n) is 3.97. The first-order valence-electron chi connectivity index (χ1n) is 7.92. The van der Waals surface area contributed by atoms with E-state index in [4.69, 9.17) is 16.9 Å². The van der Waals surface area contributed by atoms with Crippen LogP contribution in [0.3, 0.4) is 0 Å². The molecule has 24 heavy (non-hydrogen) atoms. The lowest BCUT2D eigenvalue weighted by atomic mass is 10.1. The van der Waals surface area contributed by atoms with Crippen LogP contribution >= 0.6 is 11.6 Å². The minimum atomic E-state index is 0.00789. The maximum Gasteiger partial charge on any atom is 0.220 e. The van der Waals surface area contributed by atoms with Crippen LogP contribution in [0.5, 0.6) is 0 Å². The van der Waals surface area contributed by atoms with Gasteiger partial charge in [0.2, 0.25) is 5.91 Å². The van der Waals surface area contributed by atoms with Gasteiger partial charge in [-0.1, -0.05) is 23.7 Å². The van der Waals surface area contributed by atoms with Gasteiger partial charge in [0.25, 0.3) is 0 Å². The maximum atomic E-state index is 12.1. The smallest absolute Gasteiger partial charge is 0.220 e. The molecule has 0 unspecified atom stereocenters. The van der Waals surface area contributed by atoms with Gasteiger partial charge in [-0.05, 0) is 43.5 Å². The maximum absolute atomic E-state index is 12.1. The Morgan fingerprint density at radius 3 is 2.71 bits per heavy atom. The van der Waals surface area contributed by atoms with E-state index in [1.165, 1.54) is 0 Å². The Labute approximate surface area is 147 Å². The van der Waals surface area contributed by atoms with Crippen molar-refractivity contribution in [2.24, 2.45) is 0 Å². The number of carbonyl (C=O) groups is 1. The van der Waals surface area contributed by atoms with Crippen LogP contribution in [-0.2, 0) is 24.3 Å². The molecule has 2 rings (SSSR count). The second-order valence-electron chi connectivity index (χ2n) is 5.68. The monoisotopic (exact) mass is 344 g/mol. The number of hydrogen-bond donors (Lipinski definition) is 1. The number of nitrogens with one attached hydrogen (secondary N) is 1. The number of aryl methyl sites for hydroxylation is 2. The number of nitriles is 1. The molecule has 1 aromatic heterocycles. The molecule has 0 radical (unpaired) electrons. The summed E-state index contributed by atoms with van der Waals surface area (Å²) in [5, 5.41) is 16.7. The first-order chi connectivity index (χ1) is 11.5. The summed E-state index contributed by atoms with van der Waals surface area (Å²) in [6.07, 6.45) is 1.50. The van der Waals surface area contributed by atoms with Gasteiger partial charge in [-0.2, -0.15) is 10.4 Å². The van der Waals surface area contributed by atoms with E-state index in [0.29, 0.717) is 37.4 Å². The highest BCUT2D eigenvalue weighted by Crippen LogP contribution is 2.15. The van der Waals surface area contributed by atoms with Crippen molar-refractivity contribution in [1.82, 2.24) is 15.1 Å². The average molecular weight is 345 g/mol. The molecular weight excluding hydrogens is 324 g/mol. The SMILES string of the molecule is Cc1nn(CCC#N)c(C)c1CCC(=O)NCc1ccc(Cl)cc1. The zero-order chi connectivity index (χ0) is 17.5. The molecule has 1 amide bonds. The van der Waals surface area contributed by atoms with E-state index in [-0.39, 0.29) is 5.91 Å². The lowest BCUT2D eigenvalue weighted by Crippen LogP contribution is -2.23. The van der Waals surface area contributed by atoms with Gasteiger partial charge in [0.05, 0.1) is 24.7 Å². The Balaban J connectivity index is 1.86. The molecule has 0 atom stereocenters. The fourth-order valence-electron chi connectivity index (χ4n) is 2.60. The second kappa shape index (κ2) is 8.51. The van der Waals surface area contributed by atoms with Gasteiger partial charge in [0.15, 0.2) is 0 Å². The molecule has 1 heterocycles. The number of amides is 1. The predicted octanol–water partition coefficient (Wildman–Crippen LogP) is 3.32. The summed E-state index contributed by atoms with van der Waals surface area (Å²) in [5.74, 6) is 0.00789. The van der Waals surface area contributed by atoms with Crippen LogP contribution in [0.2, 0.25) is 5.02 Å². The third-order valence-corrected chi connectivity index (χ3v) is 4.22. The van der Waals surface area contributed by atoms with E-state index in [1.807, 2.05) is 42.8 Å².